The van der Waals surface area contributed by atoms with Crippen LogP contribution in [0, 0.1) is 0 Å². The average molecular weight is 486 g/mol. The Hall–Kier alpha value is -2.39. The Bertz CT molecular complexity index is 1440. The molecule has 0 amide bonds. The number of phosphoric ester groups is 1. The Morgan fingerprint density at radius 2 is 2.12 bits per heavy atom. The molecular weight excluding hydrogens is 461 g/mol. The van der Waals surface area contributed by atoms with Crippen LogP contribution in [0.4, 0.5) is 0 Å². The van der Waals surface area contributed by atoms with Crippen LogP contribution in [0.2, 0.25) is 5.02 Å². The minimum Gasteiger partial charge on any atom is -0.507 e. The van der Waals surface area contributed by atoms with E-state index in [0.29, 0.717) is 5.56 Å². The molecule has 0 saturated carbocycles. The van der Waals surface area contributed by atoms with E-state index in [-0.39, 0.29) is 41.4 Å². The second-order valence-corrected chi connectivity index (χ2v) is 8.94. The number of phosphoric acid groups is 1. The fourth-order valence-electron chi connectivity index (χ4n) is 3.84. The number of fused-ring (bicyclic) bond motifs is 1. The van der Waals surface area contributed by atoms with E-state index < -0.39 is 55.2 Å². The molecule has 32 heavy (non-hydrogen) atoms. The van der Waals surface area contributed by atoms with Gasteiger partial charge in [0.25, 0.3) is 0 Å². The van der Waals surface area contributed by atoms with Gasteiger partial charge in [-0.3, -0.25) is 14.6 Å². The summed E-state index contributed by atoms with van der Waals surface area (Å²) in [5, 5.41) is 21.3. The third-order valence-corrected chi connectivity index (χ3v) is 5.96. The number of halogens is 1. The minimum absolute atomic E-state index is 0.0481. The van der Waals surface area contributed by atoms with Gasteiger partial charge in [-0.1, -0.05) is 23.7 Å². The molecule has 4 rings (SSSR count). The van der Waals surface area contributed by atoms with Crippen LogP contribution < -0.4 is 9.95 Å². The lowest BCUT2D eigenvalue weighted by molar-refractivity contribution is 0.0632. The lowest BCUT2D eigenvalue weighted by Gasteiger charge is -2.34. The first-order chi connectivity index (χ1) is 16.7. The number of phenolic OH excluding ortho intramolecular Hbond substituents is 1. The van der Waals surface area contributed by atoms with Crippen molar-refractivity contribution in [1.82, 2.24) is 4.90 Å². The number of aliphatic hydroxyl groups excluding tert-OH is 1. The molecule has 1 fully saturated rings. The summed E-state index contributed by atoms with van der Waals surface area (Å²) in [7, 11) is -5.29. The molecule has 170 valence electrons. The number of aliphatic hydroxyl groups is 1. The number of rotatable bonds is 4. The smallest absolute Gasteiger partial charge is 0.507 e. The largest absolute Gasteiger partial charge is 0.524 e. The molecule has 1 aliphatic heterocycles. The van der Waals surface area contributed by atoms with Crippen molar-refractivity contribution in [1.29, 1.82) is 0 Å². The molecule has 9 nitrogen and oxygen atoms in total. The van der Waals surface area contributed by atoms with Crippen LogP contribution in [0.1, 0.15) is 23.4 Å². The number of phenols is 1. The summed E-state index contributed by atoms with van der Waals surface area (Å²) in [5.74, 6) is -2.85. The van der Waals surface area contributed by atoms with E-state index in [4.69, 9.17) is 26.0 Å². The summed E-state index contributed by atoms with van der Waals surface area (Å²) in [5.41, 5.74) is -1.11. The highest BCUT2D eigenvalue weighted by molar-refractivity contribution is 7.46. The number of hydrogen-bond acceptors (Lipinski definition) is 7. The number of hydrogen-bond donors (Lipinski definition) is 4. The molecule has 0 spiro atoms. The van der Waals surface area contributed by atoms with Crippen molar-refractivity contribution in [3.63, 3.8) is 0 Å². The van der Waals surface area contributed by atoms with Gasteiger partial charge in [0.15, 0.2) is 5.43 Å². The van der Waals surface area contributed by atoms with E-state index in [1.807, 2.05) is 0 Å². The van der Waals surface area contributed by atoms with E-state index in [2.05, 4.69) is 0 Å². The van der Waals surface area contributed by atoms with Crippen LogP contribution in [0.15, 0.2) is 45.6 Å². The van der Waals surface area contributed by atoms with Crippen molar-refractivity contribution >= 4 is 30.4 Å². The normalized spacial score (nSPS) is 22.1. The molecule has 0 radical (unpaired) electrons. The molecule has 1 saturated heterocycles. The number of likely N-dealkylation sites (N-methyl/N-ethyl adjacent to an activating group) is 1. The van der Waals surface area contributed by atoms with Crippen LogP contribution in [0.25, 0.3) is 22.3 Å². The van der Waals surface area contributed by atoms with Gasteiger partial charge in [0.2, 0.25) is 0 Å². The Labute approximate surface area is 193 Å². The van der Waals surface area contributed by atoms with E-state index in [9.17, 15) is 29.4 Å². The fourth-order valence-corrected chi connectivity index (χ4v) is 4.45. The standard InChI is InChI=1S/C21H21ClNO8P/c1-23-7-6-12(16(26)10-23)19-18(31-32(27,28)29)9-15(25)20-14(24)8-17(30-21(19)20)11-4-2-3-5-13(11)22/h2-5,8-9,12,16,25-26H,6-7,10H2,1H3,(H2,27,28,29)/t12-,16+/m0/s1/i1D3,9D. The zero-order valence-corrected chi connectivity index (χ0v) is 18.0. The lowest BCUT2D eigenvalue weighted by Crippen LogP contribution is -2.40. The molecule has 11 heteroatoms. The third kappa shape index (κ3) is 4.41. The van der Waals surface area contributed by atoms with E-state index in [1.165, 1.54) is 0 Å². The summed E-state index contributed by atoms with van der Waals surface area (Å²) in [6.07, 6.45) is -1.48. The molecule has 0 unspecified atom stereocenters. The minimum atomic E-state index is -5.29. The Kier molecular flexibility index (Phi) is 4.81. The van der Waals surface area contributed by atoms with Crippen LogP contribution >= 0.6 is 19.4 Å². The van der Waals surface area contributed by atoms with E-state index in [0.717, 1.165) is 11.0 Å². The fraction of sp³-hybridized carbons (Fsp3) is 0.286. The first kappa shape index (κ1) is 18.1. The highest BCUT2D eigenvalue weighted by Gasteiger charge is 2.35. The molecule has 2 heterocycles. The monoisotopic (exact) mass is 485 g/mol. The Balaban J connectivity index is 2.03. The summed E-state index contributed by atoms with van der Waals surface area (Å²) >= 11 is 6.24. The van der Waals surface area contributed by atoms with Gasteiger partial charge in [-0.05, 0) is 32.1 Å². The molecular formula is C21H21ClNO8P. The number of likely N-dealkylation sites (tertiary alicyclic amines) is 1. The van der Waals surface area contributed by atoms with Crippen molar-refractivity contribution in [2.45, 2.75) is 18.4 Å². The van der Waals surface area contributed by atoms with Gasteiger partial charge in [0, 0.05) is 39.8 Å². The van der Waals surface area contributed by atoms with Crippen molar-refractivity contribution in [2.24, 2.45) is 0 Å². The van der Waals surface area contributed by atoms with Gasteiger partial charge in [-0.25, -0.2) is 4.57 Å². The number of aromatic hydroxyl groups is 1. The number of benzene rings is 2. The third-order valence-electron chi connectivity index (χ3n) is 5.21. The Morgan fingerprint density at radius 1 is 1.38 bits per heavy atom. The molecule has 1 aromatic heterocycles. The first-order valence-electron chi connectivity index (χ1n) is 11.5. The summed E-state index contributed by atoms with van der Waals surface area (Å²) in [6, 6.07) is 6.53. The topological polar surface area (TPSA) is 141 Å². The average Bonchev–Trinajstić information content (AvgIpc) is 2.76. The SMILES string of the molecule is [2H]c1c(OP(=O)(O)O)c([C@H]2CCN(C([2H])([2H])[2H])C[C@H]2O)c2oc(-c3ccccc3Cl)cc(=O)c2c1O. The van der Waals surface area contributed by atoms with Gasteiger partial charge in [-0.15, -0.1) is 0 Å². The summed E-state index contributed by atoms with van der Waals surface area (Å²) in [6.45, 7) is -2.91. The maximum atomic E-state index is 13.1. The van der Waals surface area contributed by atoms with Crippen molar-refractivity contribution in [2.75, 3.05) is 20.1 Å². The maximum absolute atomic E-state index is 13.1. The second kappa shape index (κ2) is 8.51. The van der Waals surface area contributed by atoms with Crippen LogP contribution in [0.3, 0.4) is 0 Å². The summed E-state index contributed by atoms with van der Waals surface area (Å²) < 4.78 is 53.5. The molecule has 2 aromatic carbocycles. The summed E-state index contributed by atoms with van der Waals surface area (Å²) in [4.78, 5) is 33.1. The first-order valence-corrected chi connectivity index (χ1v) is 11.4. The number of nitrogens with zero attached hydrogens (tertiary/aromatic N) is 1. The zero-order chi connectivity index (χ0) is 26.6. The van der Waals surface area contributed by atoms with Crippen LogP contribution in [0.5, 0.6) is 11.5 Å². The van der Waals surface area contributed by atoms with Gasteiger partial charge in [0.1, 0.15) is 28.2 Å². The van der Waals surface area contributed by atoms with Gasteiger partial charge < -0.3 is 24.1 Å². The molecule has 2 atom stereocenters. The van der Waals surface area contributed by atoms with Gasteiger partial charge in [-0.2, -0.15) is 0 Å². The van der Waals surface area contributed by atoms with Gasteiger partial charge >= 0.3 is 7.82 Å². The van der Waals surface area contributed by atoms with E-state index >= 15 is 0 Å². The maximum Gasteiger partial charge on any atom is 0.524 e. The molecule has 0 aliphatic carbocycles. The number of β-amino-alcohol motifs (C(OH)–C–C–N with tert-alkyl or cyclic N) is 1. The highest BCUT2D eigenvalue weighted by Crippen LogP contribution is 2.48. The van der Waals surface area contributed by atoms with E-state index in [1.54, 1.807) is 24.3 Å². The number of piperidine rings is 1. The molecule has 4 N–H and O–H groups in total. The van der Waals surface area contributed by atoms with Crippen LogP contribution in [-0.4, -0.2) is 51.1 Å². The lowest BCUT2D eigenvalue weighted by atomic mass is 9.85. The molecule has 3 aromatic rings. The molecule has 1 aliphatic rings. The van der Waals surface area contributed by atoms with Crippen LogP contribution in [-0.2, 0) is 4.57 Å². The van der Waals surface area contributed by atoms with Crippen molar-refractivity contribution < 1.29 is 39.0 Å². The predicted octanol–water partition coefficient (Wildman–Crippen LogP) is 3.07. The van der Waals surface area contributed by atoms with Gasteiger partial charge in [0.05, 0.1) is 12.5 Å². The Morgan fingerprint density at radius 3 is 2.78 bits per heavy atom. The quantitative estimate of drug-likeness (QED) is 0.410. The van der Waals surface area contributed by atoms with Crippen molar-refractivity contribution in [3.05, 3.63) is 57.2 Å². The predicted molar refractivity (Wildman–Crippen MR) is 118 cm³/mol. The highest BCUT2D eigenvalue weighted by atomic mass is 35.5. The zero-order valence-electron chi connectivity index (χ0n) is 20.4. The van der Waals surface area contributed by atoms with Crippen molar-refractivity contribution in [3.8, 4) is 22.8 Å². The molecule has 0 bridgehead atoms. The second-order valence-electron chi connectivity index (χ2n) is 7.37.